The van der Waals surface area contributed by atoms with E-state index in [1.165, 1.54) is 18.2 Å². The lowest BCUT2D eigenvalue weighted by molar-refractivity contribution is -0.274. The van der Waals surface area contributed by atoms with Gasteiger partial charge in [0.05, 0.1) is 6.04 Å². The second-order valence-electron chi connectivity index (χ2n) is 4.51. The van der Waals surface area contributed by atoms with Gasteiger partial charge in [0.15, 0.2) is 0 Å². The van der Waals surface area contributed by atoms with Crippen molar-refractivity contribution in [1.82, 2.24) is 15.3 Å². The van der Waals surface area contributed by atoms with Gasteiger partial charge in [0, 0.05) is 18.9 Å². The van der Waals surface area contributed by atoms with Crippen LogP contribution in [0.4, 0.5) is 13.2 Å². The minimum Gasteiger partial charge on any atom is -0.406 e. The van der Waals surface area contributed by atoms with E-state index in [-0.39, 0.29) is 11.8 Å². The quantitative estimate of drug-likeness (QED) is 0.857. The number of rotatable bonds is 6. The Bertz CT molecular complexity index is 555. The molecule has 0 aliphatic heterocycles. The van der Waals surface area contributed by atoms with Gasteiger partial charge >= 0.3 is 6.36 Å². The topological polar surface area (TPSA) is 49.9 Å². The van der Waals surface area contributed by atoms with E-state index in [4.69, 9.17) is 0 Å². The van der Waals surface area contributed by atoms with Crippen molar-refractivity contribution in [2.24, 2.45) is 0 Å². The summed E-state index contributed by atoms with van der Waals surface area (Å²) in [7, 11) is 0. The molecule has 2 rings (SSSR count). The third kappa shape index (κ3) is 4.78. The summed E-state index contributed by atoms with van der Waals surface area (Å²) >= 11 is 0. The fraction of sp³-hybridized carbons (Fsp3) is 0.357. The third-order valence-electron chi connectivity index (χ3n) is 2.94. The highest BCUT2D eigenvalue weighted by molar-refractivity contribution is 5.28. The van der Waals surface area contributed by atoms with Gasteiger partial charge in [-0.25, -0.2) is 4.98 Å². The molecule has 1 aromatic carbocycles. The number of alkyl halides is 3. The highest BCUT2D eigenvalue weighted by Gasteiger charge is 2.31. The molecule has 0 fully saturated rings. The largest absolute Gasteiger partial charge is 0.573 e. The predicted molar refractivity (Wildman–Crippen MR) is 71.6 cm³/mol. The average molecular weight is 299 g/mol. The summed E-state index contributed by atoms with van der Waals surface area (Å²) in [5.74, 6) is 0.591. The number of aromatic nitrogens is 2. The van der Waals surface area contributed by atoms with Crippen LogP contribution in [0.2, 0.25) is 0 Å². The number of nitrogens with one attached hydrogen (secondary N) is 2. The molecule has 0 saturated heterocycles. The summed E-state index contributed by atoms with van der Waals surface area (Å²) in [6.07, 6.45) is -0.465. The van der Waals surface area contributed by atoms with Gasteiger partial charge in [-0.2, -0.15) is 0 Å². The predicted octanol–water partition coefficient (Wildman–Crippen LogP) is 3.55. The Hall–Kier alpha value is -2.02. The fourth-order valence-electron chi connectivity index (χ4n) is 2.00. The summed E-state index contributed by atoms with van der Waals surface area (Å²) in [6.45, 7) is 2.43. The van der Waals surface area contributed by atoms with E-state index in [0.29, 0.717) is 12.1 Å². The highest BCUT2D eigenvalue weighted by atomic mass is 19.4. The van der Waals surface area contributed by atoms with Gasteiger partial charge < -0.3 is 15.0 Å². The van der Waals surface area contributed by atoms with Gasteiger partial charge in [0.25, 0.3) is 0 Å². The van der Waals surface area contributed by atoms with Crippen LogP contribution < -0.4 is 10.1 Å². The number of aromatic amines is 1. The minimum absolute atomic E-state index is 0.0205. The molecule has 1 heterocycles. The molecule has 114 valence electrons. The van der Waals surface area contributed by atoms with Gasteiger partial charge in [-0.15, -0.1) is 13.2 Å². The number of hydrogen-bond donors (Lipinski definition) is 2. The van der Waals surface area contributed by atoms with Crippen LogP contribution in [-0.4, -0.2) is 16.3 Å². The average Bonchev–Trinajstić information content (AvgIpc) is 2.92. The molecule has 0 saturated carbocycles. The maximum atomic E-state index is 12.2. The van der Waals surface area contributed by atoms with Gasteiger partial charge in [-0.05, 0) is 24.1 Å². The van der Waals surface area contributed by atoms with Crippen LogP contribution in [-0.2, 0) is 6.54 Å². The highest BCUT2D eigenvalue weighted by Crippen LogP contribution is 2.23. The number of nitrogens with zero attached hydrogens (tertiary/aromatic N) is 1. The zero-order valence-electron chi connectivity index (χ0n) is 11.4. The summed E-state index contributed by atoms with van der Waals surface area (Å²) in [4.78, 5) is 7.19. The first-order chi connectivity index (χ1) is 9.98. The van der Waals surface area contributed by atoms with Crippen molar-refractivity contribution >= 4 is 0 Å². The molecule has 0 radical (unpaired) electrons. The number of halogens is 3. The normalized spacial score (nSPS) is 13.1. The van der Waals surface area contributed by atoms with Gasteiger partial charge in [-0.1, -0.05) is 19.1 Å². The van der Waals surface area contributed by atoms with Crippen LogP contribution in [0.5, 0.6) is 5.75 Å². The first-order valence-corrected chi connectivity index (χ1v) is 6.55. The SMILES string of the molecule is CCC(NCc1cccc(OC(F)(F)F)c1)c1ncc[nH]1. The van der Waals surface area contributed by atoms with E-state index in [9.17, 15) is 13.2 Å². The molecule has 0 amide bonds. The van der Waals surface area contributed by atoms with Crippen molar-refractivity contribution in [2.75, 3.05) is 0 Å². The maximum absolute atomic E-state index is 12.2. The third-order valence-corrected chi connectivity index (χ3v) is 2.94. The second kappa shape index (κ2) is 6.62. The van der Waals surface area contributed by atoms with E-state index < -0.39 is 6.36 Å². The summed E-state index contributed by atoms with van der Waals surface area (Å²) < 4.78 is 40.4. The second-order valence-corrected chi connectivity index (χ2v) is 4.51. The Labute approximate surface area is 120 Å². The molecule has 4 nitrogen and oxygen atoms in total. The number of benzene rings is 1. The Morgan fingerprint density at radius 1 is 1.38 bits per heavy atom. The molecule has 1 atom stereocenters. The van der Waals surface area contributed by atoms with Crippen LogP contribution in [0.1, 0.15) is 30.8 Å². The lowest BCUT2D eigenvalue weighted by atomic mass is 10.1. The van der Waals surface area contributed by atoms with E-state index in [1.807, 2.05) is 6.92 Å². The Morgan fingerprint density at radius 2 is 2.19 bits per heavy atom. The number of H-pyrrole nitrogens is 1. The lowest BCUT2D eigenvalue weighted by Crippen LogP contribution is -2.21. The number of imidazole rings is 1. The molecule has 1 unspecified atom stereocenters. The molecule has 0 spiro atoms. The lowest BCUT2D eigenvalue weighted by Gasteiger charge is -2.15. The van der Waals surface area contributed by atoms with Gasteiger partial charge in [0.1, 0.15) is 11.6 Å². The van der Waals surface area contributed by atoms with Crippen LogP contribution >= 0.6 is 0 Å². The van der Waals surface area contributed by atoms with Crippen molar-refractivity contribution in [3.8, 4) is 5.75 Å². The molecular formula is C14H16F3N3O. The first-order valence-electron chi connectivity index (χ1n) is 6.55. The van der Waals surface area contributed by atoms with Crippen LogP contribution in [0.3, 0.4) is 0 Å². The summed E-state index contributed by atoms with van der Waals surface area (Å²) in [6, 6.07) is 5.94. The summed E-state index contributed by atoms with van der Waals surface area (Å²) in [5.41, 5.74) is 0.710. The zero-order chi connectivity index (χ0) is 15.3. The van der Waals surface area contributed by atoms with Gasteiger partial charge in [-0.3, -0.25) is 0 Å². The molecule has 0 aliphatic carbocycles. The van der Waals surface area contributed by atoms with E-state index in [2.05, 4.69) is 20.0 Å². The Morgan fingerprint density at radius 3 is 2.81 bits per heavy atom. The van der Waals surface area contributed by atoms with Crippen molar-refractivity contribution in [2.45, 2.75) is 32.3 Å². The monoisotopic (exact) mass is 299 g/mol. The molecule has 1 aromatic heterocycles. The van der Waals surface area contributed by atoms with Crippen LogP contribution in [0.25, 0.3) is 0 Å². The zero-order valence-corrected chi connectivity index (χ0v) is 11.4. The molecular weight excluding hydrogens is 283 g/mol. The molecule has 0 aliphatic rings. The molecule has 2 N–H and O–H groups in total. The van der Waals surface area contributed by atoms with Crippen molar-refractivity contribution < 1.29 is 17.9 Å². The van der Waals surface area contributed by atoms with Crippen LogP contribution in [0.15, 0.2) is 36.7 Å². The number of hydrogen-bond acceptors (Lipinski definition) is 3. The minimum atomic E-state index is -4.67. The molecule has 0 bridgehead atoms. The molecule has 7 heteroatoms. The first kappa shape index (κ1) is 15.4. The summed E-state index contributed by atoms with van der Waals surface area (Å²) in [5, 5.41) is 3.25. The smallest absolute Gasteiger partial charge is 0.406 e. The van der Waals surface area contributed by atoms with E-state index in [0.717, 1.165) is 12.2 Å². The Balaban J connectivity index is 1.98. The molecule has 21 heavy (non-hydrogen) atoms. The van der Waals surface area contributed by atoms with Gasteiger partial charge in [0.2, 0.25) is 0 Å². The van der Waals surface area contributed by atoms with E-state index in [1.54, 1.807) is 18.5 Å². The number of ether oxygens (including phenoxy) is 1. The van der Waals surface area contributed by atoms with Crippen molar-refractivity contribution in [1.29, 1.82) is 0 Å². The van der Waals surface area contributed by atoms with Crippen molar-refractivity contribution in [3.05, 3.63) is 48.0 Å². The Kier molecular flexibility index (Phi) is 4.85. The molecule has 2 aromatic rings. The van der Waals surface area contributed by atoms with E-state index >= 15 is 0 Å². The van der Waals surface area contributed by atoms with Crippen molar-refractivity contribution in [3.63, 3.8) is 0 Å². The van der Waals surface area contributed by atoms with Crippen LogP contribution in [0, 0.1) is 0 Å². The maximum Gasteiger partial charge on any atom is 0.573 e. The standard InChI is InChI=1S/C14H16F3N3O/c1-2-12(13-18-6-7-19-13)20-9-10-4-3-5-11(8-10)21-14(15,16)17/h3-8,12,20H,2,9H2,1H3,(H,18,19). The fourth-order valence-corrected chi connectivity index (χ4v) is 2.00.